The lowest BCUT2D eigenvalue weighted by Crippen LogP contribution is -2.15. The number of benzene rings is 4. The van der Waals surface area contributed by atoms with Gasteiger partial charge in [-0.05, 0) is 110 Å². The van der Waals surface area contributed by atoms with Gasteiger partial charge in [0.15, 0.2) is 0 Å². The SMILES string of the molecule is C=Cc1cc(C)c2c(C3=C(C)C(c4ccc5c(c4)C(C)(C)c4ccccc4-5)=CCC3)cccc2c1C=C.CC. The first kappa shape index (κ1) is 26.7. The fourth-order valence-electron chi connectivity index (χ4n) is 6.80. The van der Waals surface area contributed by atoms with E-state index in [0.717, 1.165) is 18.4 Å². The Morgan fingerprint density at radius 1 is 0.769 bits per heavy atom. The smallest absolute Gasteiger partial charge is 0.0159 e. The lowest BCUT2D eigenvalue weighted by atomic mass is 9.79. The lowest BCUT2D eigenvalue weighted by molar-refractivity contribution is 0.660. The molecule has 0 atom stereocenters. The van der Waals surface area contributed by atoms with Gasteiger partial charge < -0.3 is 0 Å². The molecule has 0 bridgehead atoms. The number of fused-ring (bicyclic) bond motifs is 4. The van der Waals surface area contributed by atoms with E-state index in [4.69, 9.17) is 0 Å². The van der Waals surface area contributed by atoms with Crippen LogP contribution in [0.15, 0.2) is 91.5 Å². The summed E-state index contributed by atoms with van der Waals surface area (Å²) in [5.41, 5.74) is 16.1. The van der Waals surface area contributed by atoms with Gasteiger partial charge in [-0.2, -0.15) is 0 Å². The average molecular weight is 509 g/mol. The summed E-state index contributed by atoms with van der Waals surface area (Å²) in [6, 6.07) is 25.0. The maximum absolute atomic E-state index is 4.11. The zero-order chi connectivity index (χ0) is 27.9. The van der Waals surface area contributed by atoms with E-state index < -0.39 is 0 Å². The minimum absolute atomic E-state index is 0.00824. The van der Waals surface area contributed by atoms with E-state index in [1.807, 2.05) is 26.0 Å². The van der Waals surface area contributed by atoms with Crippen molar-refractivity contribution in [1.82, 2.24) is 0 Å². The maximum Gasteiger partial charge on any atom is 0.0159 e. The van der Waals surface area contributed by atoms with Gasteiger partial charge in [-0.1, -0.05) is 120 Å². The van der Waals surface area contributed by atoms with Crippen molar-refractivity contribution >= 4 is 34.1 Å². The molecule has 0 aliphatic heterocycles. The molecule has 0 N–H and O–H groups in total. The summed E-state index contributed by atoms with van der Waals surface area (Å²) in [4.78, 5) is 0. The summed E-state index contributed by atoms with van der Waals surface area (Å²) in [5, 5.41) is 2.60. The second-order valence-corrected chi connectivity index (χ2v) is 11.0. The van der Waals surface area contributed by atoms with Crippen molar-refractivity contribution in [1.29, 1.82) is 0 Å². The van der Waals surface area contributed by atoms with E-state index in [2.05, 4.69) is 114 Å². The molecule has 0 unspecified atom stereocenters. The van der Waals surface area contributed by atoms with Crippen LogP contribution in [0.5, 0.6) is 0 Å². The molecule has 0 aromatic heterocycles. The molecule has 0 saturated heterocycles. The summed E-state index contributed by atoms with van der Waals surface area (Å²) in [6.07, 6.45) is 8.47. The normalized spacial score (nSPS) is 15.2. The van der Waals surface area contributed by atoms with Gasteiger partial charge in [0, 0.05) is 5.41 Å². The van der Waals surface area contributed by atoms with Crippen LogP contribution in [-0.2, 0) is 5.41 Å². The Balaban J connectivity index is 0.00000151. The minimum Gasteiger partial charge on any atom is -0.0984 e. The quantitative estimate of drug-likeness (QED) is 0.257. The van der Waals surface area contributed by atoms with Crippen molar-refractivity contribution in [3.8, 4) is 11.1 Å². The maximum atomic E-state index is 4.11. The van der Waals surface area contributed by atoms with Crippen LogP contribution < -0.4 is 0 Å². The largest absolute Gasteiger partial charge is 0.0984 e. The molecule has 6 rings (SSSR count). The standard InChI is InChI=1S/C37H34.C2H6/c1-7-25-21-23(3)36-32(27(25)8-2)16-12-17-33(36)29-15-11-14-28(24(29)4)26-19-20-31-30-13-9-10-18-34(30)37(5,6)35(31)22-26;1-2/h7-10,12-14,16-22H,1-2,11,15H2,3-6H3;1-2H3. The Bertz CT molecular complexity index is 1680. The number of hydrogen-bond acceptors (Lipinski definition) is 0. The van der Waals surface area contributed by atoms with Crippen molar-refractivity contribution in [3.63, 3.8) is 0 Å². The van der Waals surface area contributed by atoms with Crippen LogP contribution in [0.2, 0.25) is 0 Å². The molecule has 2 aliphatic rings. The molecule has 0 nitrogen and oxygen atoms in total. The molecule has 2 aliphatic carbocycles. The van der Waals surface area contributed by atoms with Crippen molar-refractivity contribution < 1.29 is 0 Å². The van der Waals surface area contributed by atoms with E-state index in [9.17, 15) is 0 Å². The molecular weight excluding hydrogens is 468 g/mol. The van der Waals surface area contributed by atoms with Crippen molar-refractivity contribution in [2.24, 2.45) is 0 Å². The molecule has 39 heavy (non-hydrogen) atoms. The lowest BCUT2D eigenvalue weighted by Gasteiger charge is -2.25. The third-order valence-electron chi connectivity index (χ3n) is 8.68. The van der Waals surface area contributed by atoms with Gasteiger partial charge in [-0.25, -0.2) is 0 Å². The second-order valence-electron chi connectivity index (χ2n) is 11.0. The Labute approximate surface area is 235 Å². The van der Waals surface area contributed by atoms with E-state index in [1.165, 1.54) is 72.0 Å². The second kappa shape index (κ2) is 10.3. The van der Waals surface area contributed by atoms with Gasteiger partial charge in [-0.15, -0.1) is 0 Å². The monoisotopic (exact) mass is 508 g/mol. The van der Waals surface area contributed by atoms with Crippen molar-refractivity contribution in [2.45, 2.75) is 59.8 Å². The molecule has 4 aromatic carbocycles. The first-order valence-corrected chi connectivity index (χ1v) is 14.3. The molecular formula is C39H40. The fourth-order valence-corrected chi connectivity index (χ4v) is 6.80. The third kappa shape index (κ3) is 4.14. The van der Waals surface area contributed by atoms with Gasteiger partial charge in [-0.3, -0.25) is 0 Å². The van der Waals surface area contributed by atoms with Crippen LogP contribution in [0.1, 0.15) is 86.4 Å². The first-order chi connectivity index (χ1) is 18.9. The highest BCUT2D eigenvalue weighted by Gasteiger charge is 2.35. The molecule has 0 saturated carbocycles. The molecule has 4 aromatic rings. The number of rotatable bonds is 4. The average Bonchev–Trinajstić information content (AvgIpc) is 3.20. The van der Waals surface area contributed by atoms with Gasteiger partial charge in [0.25, 0.3) is 0 Å². The van der Waals surface area contributed by atoms with Crippen LogP contribution in [0.25, 0.3) is 45.2 Å². The van der Waals surface area contributed by atoms with Crippen LogP contribution in [0.3, 0.4) is 0 Å². The van der Waals surface area contributed by atoms with Gasteiger partial charge in [0.05, 0.1) is 0 Å². The van der Waals surface area contributed by atoms with Crippen molar-refractivity contribution in [2.75, 3.05) is 0 Å². The summed E-state index contributed by atoms with van der Waals surface area (Å²) in [7, 11) is 0. The van der Waals surface area contributed by atoms with Gasteiger partial charge in [0.2, 0.25) is 0 Å². The summed E-state index contributed by atoms with van der Waals surface area (Å²) >= 11 is 0. The zero-order valence-corrected chi connectivity index (χ0v) is 24.4. The third-order valence-corrected chi connectivity index (χ3v) is 8.68. The molecule has 0 radical (unpaired) electrons. The van der Waals surface area contributed by atoms with E-state index >= 15 is 0 Å². The number of allylic oxidation sites excluding steroid dienone is 4. The first-order valence-electron chi connectivity index (χ1n) is 14.3. The molecule has 0 heterocycles. The van der Waals surface area contributed by atoms with Crippen molar-refractivity contribution in [3.05, 3.63) is 130 Å². The molecule has 0 heteroatoms. The van der Waals surface area contributed by atoms with Crippen LogP contribution in [0, 0.1) is 6.92 Å². The van der Waals surface area contributed by atoms with E-state index in [-0.39, 0.29) is 5.41 Å². The topological polar surface area (TPSA) is 0 Å². The zero-order valence-electron chi connectivity index (χ0n) is 24.4. The minimum atomic E-state index is 0.00824. The molecule has 0 spiro atoms. The van der Waals surface area contributed by atoms with Crippen LogP contribution in [0.4, 0.5) is 0 Å². The Hall–Kier alpha value is -3.90. The Morgan fingerprint density at radius 2 is 1.49 bits per heavy atom. The van der Waals surface area contributed by atoms with Crippen LogP contribution >= 0.6 is 0 Å². The summed E-state index contributed by atoms with van der Waals surface area (Å²) in [6.45, 7) is 21.4. The molecule has 0 fully saturated rings. The molecule has 196 valence electrons. The highest BCUT2D eigenvalue weighted by Crippen LogP contribution is 2.50. The Morgan fingerprint density at radius 3 is 2.23 bits per heavy atom. The van der Waals surface area contributed by atoms with E-state index in [1.54, 1.807) is 0 Å². The van der Waals surface area contributed by atoms with Gasteiger partial charge in [0.1, 0.15) is 0 Å². The van der Waals surface area contributed by atoms with Gasteiger partial charge >= 0.3 is 0 Å². The summed E-state index contributed by atoms with van der Waals surface area (Å²) in [5.74, 6) is 0. The number of hydrogen-bond donors (Lipinski definition) is 0. The predicted molar refractivity (Wildman–Crippen MR) is 174 cm³/mol. The molecule has 0 amide bonds. The van der Waals surface area contributed by atoms with Crippen LogP contribution in [-0.4, -0.2) is 0 Å². The fraction of sp³-hybridized carbons (Fsp3) is 0.231. The predicted octanol–water partition coefficient (Wildman–Crippen LogP) is 11.4. The highest BCUT2D eigenvalue weighted by atomic mass is 14.4. The number of aryl methyl sites for hydroxylation is 1. The summed E-state index contributed by atoms with van der Waals surface area (Å²) < 4.78 is 0. The highest BCUT2D eigenvalue weighted by molar-refractivity contribution is 6.05. The Kier molecular flexibility index (Phi) is 7.08. The van der Waals surface area contributed by atoms with E-state index in [0.29, 0.717) is 0 Å².